The van der Waals surface area contributed by atoms with Crippen LogP contribution in [0.15, 0.2) is 28.8 Å². The van der Waals surface area contributed by atoms with E-state index in [4.69, 9.17) is 18.6 Å². The molecule has 0 radical (unpaired) electrons. The zero-order valence-electron chi connectivity index (χ0n) is 15.1. The first kappa shape index (κ1) is 17.8. The Labute approximate surface area is 156 Å². The van der Waals surface area contributed by atoms with Crippen molar-refractivity contribution in [2.45, 2.75) is 38.5 Å². The van der Waals surface area contributed by atoms with Crippen LogP contribution in [0.2, 0.25) is 0 Å². The highest BCUT2D eigenvalue weighted by Crippen LogP contribution is 2.41. The Morgan fingerprint density at radius 1 is 1.41 bits per heavy atom. The van der Waals surface area contributed by atoms with E-state index in [1.54, 1.807) is 18.3 Å². The maximum atomic E-state index is 11.6. The molecular formula is C19H22N2O6. The van der Waals surface area contributed by atoms with Crippen LogP contribution in [0.5, 0.6) is 5.75 Å². The molecule has 0 spiro atoms. The largest absolute Gasteiger partial charge is 0.488 e. The smallest absolute Gasteiger partial charge is 0.339 e. The van der Waals surface area contributed by atoms with Crippen LogP contribution in [-0.2, 0) is 9.47 Å². The van der Waals surface area contributed by atoms with Crippen LogP contribution in [0.4, 0.5) is 11.7 Å². The lowest BCUT2D eigenvalue weighted by Gasteiger charge is -2.37. The second-order valence-electron chi connectivity index (χ2n) is 6.68. The minimum absolute atomic E-state index is 0.107. The van der Waals surface area contributed by atoms with Crippen LogP contribution in [0.3, 0.4) is 0 Å². The molecule has 8 nitrogen and oxygen atoms in total. The zero-order chi connectivity index (χ0) is 18.8. The summed E-state index contributed by atoms with van der Waals surface area (Å²) in [6.07, 6.45) is 4.41. The van der Waals surface area contributed by atoms with Crippen LogP contribution in [0.1, 0.15) is 35.4 Å². The number of hydrogen-bond acceptors (Lipinski definition) is 7. The first-order chi connectivity index (χ1) is 13.1. The summed E-state index contributed by atoms with van der Waals surface area (Å²) in [5.41, 5.74) is 0.705. The SMILES string of the molecule is Cc1cnc(N2c3cccc(C(=O)O)c3OCC2CO[C@H]2CCCCO2)o1. The van der Waals surface area contributed by atoms with Gasteiger partial charge < -0.3 is 23.7 Å². The number of hydrogen-bond donors (Lipinski definition) is 1. The number of carboxylic acids is 1. The highest BCUT2D eigenvalue weighted by Gasteiger charge is 2.35. The van der Waals surface area contributed by atoms with Crippen LogP contribution in [0.25, 0.3) is 0 Å². The van der Waals surface area contributed by atoms with Gasteiger partial charge in [0.15, 0.2) is 12.0 Å². The van der Waals surface area contributed by atoms with Gasteiger partial charge in [-0.15, -0.1) is 0 Å². The highest BCUT2D eigenvalue weighted by atomic mass is 16.7. The monoisotopic (exact) mass is 374 g/mol. The van der Waals surface area contributed by atoms with Gasteiger partial charge >= 0.3 is 12.0 Å². The zero-order valence-corrected chi connectivity index (χ0v) is 15.1. The number of benzene rings is 1. The molecule has 1 aromatic carbocycles. The molecule has 1 unspecified atom stereocenters. The van der Waals surface area contributed by atoms with Gasteiger partial charge in [0.1, 0.15) is 17.9 Å². The van der Waals surface area contributed by atoms with Crippen molar-refractivity contribution in [1.82, 2.24) is 4.98 Å². The van der Waals surface area contributed by atoms with Gasteiger partial charge in [0.25, 0.3) is 0 Å². The fraction of sp³-hybridized carbons (Fsp3) is 0.474. The van der Waals surface area contributed by atoms with Crippen molar-refractivity contribution in [2.24, 2.45) is 0 Å². The van der Waals surface area contributed by atoms with Gasteiger partial charge in [-0.3, -0.25) is 4.90 Å². The molecule has 2 aliphatic rings. The van der Waals surface area contributed by atoms with Crippen LogP contribution >= 0.6 is 0 Å². The van der Waals surface area contributed by atoms with E-state index in [1.807, 2.05) is 11.8 Å². The first-order valence-corrected chi connectivity index (χ1v) is 9.07. The predicted molar refractivity (Wildman–Crippen MR) is 95.6 cm³/mol. The van der Waals surface area contributed by atoms with Crippen LogP contribution in [-0.4, -0.2) is 48.2 Å². The summed E-state index contributed by atoms with van der Waals surface area (Å²) in [4.78, 5) is 17.7. The van der Waals surface area contributed by atoms with Crippen molar-refractivity contribution in [1.29, 1.82) is 0 Å². The minimum atomic E-state index is -1.04. The van der Waals surface area contributed by atoms with E-state index in [0.29, 0.717) is 36.4 Å². The van der Waals surface area contributed by atoms with Gasteiger partial charge in [0.05, 0.1) is 24.5 Å². The van der Waals surface area contributed by atoms with Crippen molar-refractivity contribution < 1.29 is 28.5 Å². The normalized spacial score (nSPS) is 22.2. The van der Waals surface area contributed by atoms with E-state index >= 15 is 0 Å². The topological polar surface area (TPSA) is 94.3 Å². The molecule has 0 aliphatic carbocycles. The molecule has 2 aromatic rings. The van der Waals surface area contributed by atoms with Gasteiger partial charge in [0, 0.05) is 6.61 Å². The molecule has 1 saturated heterocycles. The highest BCUT2D eigenvalue weighted by molar-refractivity contribution is 5.94. The average molecular weight is 374 g/mol. The van der Waals surface area contributed by atoms with Crippen molar-refractivity contribution in [3.63, 3.8) is 0 Å². The van der Waals surface area contributed by atoms with E-state index in [0.717, 1.165) is 19.3 Å². The number of para-hydroxylation sites is 1. The van der Waals surface area contributed by atoms with Gasteiger partial charge in [-0.25, -0.2) is 9.78 Å². The molecule has 8 heteroatoms. The van der Waals surface area contributed by atoms with Crippen molar-refractivity contribution in [3.8, 4) is 5.75 Å². The fourth-order valence-corrected chi connectivity index (χ4v) is 3.38. The fourth-order valence-electron chi connectivity index (χ4n) is 3.38. The second kappa shape index (κ2) is 7.58. The number of oxazole rings is 1. The van der Waals surface area contributed by atoms with Gasteiger partial charge in [-0.1, -0.05) is 6.07 Å². The van der Waals surface area contributed by atoms with Gasteiger partial charge in [-0.05, 0) is 38.3 Å². The molecule has 1 N–H and O–H groups in total. The number of nitrogens with zero attached hydrogens (tertiary/aromatic N) is 2. The number of anilines is 2. The van der Waals surface area contributed by atoms with E-state index in [1.165, 1.54) is 6.07 Å². The number of ether oxygens (including phenoxy) is 3. The number of fused-ring (bicyclic) bond motifs is 1. The molecule has 144 valence electrons. The summed E-state index contributed by atoms with van der Waals surface area (Å²) in [6.45, 7) is 3.13. The third-order valence-electron chi connectivity index (χ3n) is 4.70. The third kappa shape index (κ3) is 3.63. The Kier molecular flexibility index (Phi) is 5.00. The quantitative estimate of drug-likeness (QED) is 0.853. The minimum Gasteiger partial charge on any atom is -0.488 e. The summed E-state index contributed by atoms with van der Waals surface area (Å²) < 4.78 is 23.1. The van der Waals surface area contributed by atoms with Gasteiger partial charge in [0.2, 0.25) is 0 Å². The summed E-state index contributed by atoms with van der Waals surface area (Å²) in [5.74, 6) is -0.0607. The number of aryl methyl sites for hydroxylation is 1. The second-order valence-corrected chi connectivity index (χ2v) is 6.68. The van der Waals surface area contributed by atoms with Crippen LogP contribution < -0.4 is 9.64 Å². The summed E-state index contributed by atoms with van der Waals surface area (Å²) >= 11 is 0. The molecule has 1 aromatic heterocycles. The number of aromatic nitrogens is 1. The maximum absolute atomic E-state index is 11.6. The Morgan fingerprint density at radius 2 is 2.30 bits per heavy atom. The molecule has 2 aliphatic heterocycles. The number of aromatic carboxylic acids is 1. The molecule has 0 bridgehead atoms. The lowest BCUT2D eigenvalue weighted by atomic mass is 10.1. The van der Waals surface area contributed by atoms with E-state index in [-0.39, 0.29) is 24.5 Å². The van der Waals surface area contributed by atoms with E-state index in [2.05, 4.69) is 4.98 Å². The molecule has 27 heavy (non-hydrogen) atoms. The Morgan fingerprint density at radius 3 is 3.00 bits per heavy atom. The molecule has 1 fully saturated rings. The Bertz CT molecular complexity index is 814. The number of carbonyl (C=O) groups is 1. The lowest BCUT2D eigenvalue weighted by molar-refractivity contribution is -0.165. The molecule has 0 amide bonds. The van der Waals surface area contributed by atoms with Crippen molar-refractivity contribution in [3.05, 3.63) is 35.7 Å². The summed E-state index contributed by atoms with van der Waals surface area (Å²) in [5, 5.41) is 9.46. The number of carboxylic acid groups (broad SMARTS) is 1. The Hall–Kier alpha value is -2.58. The van der Waals surface area contributed by atoms with E-state index in [9.17, 15) is 9.90 Å². The first-order valence-electron chi connectivity index (χ1n) is 9.07. The molecular weight excluding hydrogens is 352 g/mol. The average Bonchev–Trinajstić information content (AvgIpc) is 3.11. The third-order valence-corrected chi connectivity index (χ3v) is 4.70. The lowest BCUT2D eigenvalue weighted by Crippen LogP contribution is -2.44. The molecule has 4 rings (SSSR count). The Balaban J connectivity index is 1.63. The standard InChI is InChI=1S/C19H22N2O6/c1-12-9-20-19(27-12)21-13(10-25-16-7-2-3-8-24-16)11-26-17-14(18(22)23)5-4-6-15(17)21/h4-6,9,13,16H,2-3,7-8,10-11H2,1H3,(H,22,23)/t13?,16-/m0/s1. The van der Waals surface area contributed by atoms with Crippen molar-refractivity contribution in [2.75, 3.05) is 24.7 Å². The van der Waals surface area contributed by atoms with Crippen molar-refractivity contribution >= 4 is 17.7 Å². The molecule has 3 heterocycles. The van der Waals surface area contributed by atoms with Gasteiger partial charge in [-0.2, -0.15) is 0 Å². The van der Waals surface area contributed by atoms with E-state index < -0.39 is 5.97 Å². The number of rotatable bonds is 5. The predicted octanol–water partition coefficient (Wildman–Crippen LogP) is 3.12. The molecule has 2 atom stereocenters. The maximum Gasteiger partial charge on any atom is 0.339 e. The molecule has 0 saturated carbocycles. The summed E-state index contributed by atoms with van der Waals surface area (Å²) in [7, 11) is 0. The van der Waals surface area contributed by atoms with Crippen LogP contribution in [0, 0.1) is 6.92 Å². The summed E-state index contributed by atoms with van der Waals surface area (Å²) in [6, 6.07) is 5.17.